The number of hydrogen-bond donors (Lipinski definition) is 2. The van der Waals surface area contributed by atoms with E-state index in [1.54, 1.807) is 0 Å². The monoisotopic (exact) mass is 356 g/mol. The number of nitrogens with one attached hydrogen (secondary N) is 2. The SMILES string of the molecule is c1ccc(Oc2ccc(-c3cccc4c3C3CCNCCC3N4)cc2)cc1. The summed E-state index contributed by atoms with van der Waals surface area (Å²) >= 11 is 0. The second kappa shape index (κ2) is 7.09. The Morgan fingerprint density at radius 2 is 1.52 bits per heavy atom. The summed E-state index contributed by atoms with van der Waals surface area (Å²) in [6.07, 6.45) is 2.37. The Morgan fingerprint density at radius 3 is 2.37 bits per heavy atom. The van der Waals surface area contributed by atoms with Gasteiger partial charge in [-0.15, -0.1) is 0 Å². The van der Waals surface area contributed by atoms with Gasteiger partial charge in [0.2, 0.25) is 0 Å². The first-order valence-corrected chi connectivity index (χ1v) is 9.82. The Balaban J connectivity index is 1.45. The van der Waals surface area contributed by atoms with Gasteiger partial charge in [-0.2, -0.15) is 0 Å². The van der Waals surface area contributed by atoms with Crippen LogP contribution in [0.3, 0.4) is 0 Å². The third-order valence-corrected chi connectivity index (χ3v) is 5.71. The minimum Gasteiger partial charge on any atom is -0.457 e. The molecule has 3 aromatic rings. The Bertz CT molecular complexity index is 921. The second-order valence-corrected chi connectivity index (χ2v) is 7.39. The molecule has 0 spiro atoms. The van der Waals surface area contributed by atoms with Crippen molar-refractivity contribution in [2.24, 2.45) is 0 Å². The summed E-state index contributed by atoms with van der Waals surface area (Å²) in [6, 6.07) is 25.6. The van der Waals surface area contributed by atoms with Crippen LogP contribution in [0.1, 0.15) is 24.3 Å². The molecule has 0 radical (unpaired) electrons. The van der Waals surface area contributed by atoms with Gasteiger partial charge in [0.15, 0.2) is 0 Å². The minimum absolute atomic E-state index is 0.553. The van der Waals surface area contributed by atoms with Gasteiger partial charge in [-0.05, 0) is 73.0 Å². The van der Waals surface area contributed by atoms with Gasteiger partial charge in [0, 0.05) is 17.6 Å². The number of anilines is 1. The van der Waals surface area contributed by atoms with Crippen molar-refractivity contribution in [3.05, 3.63) is 78.4 Å². The highest BCUT2D eigenvalue weighted by Gasteiger charge is 2.34. The van der Waals surface area contributed by atoms with E-state index >= 15 is 0 Å². The Morgan fingerprint density at radius 1 is 0.741 bits per heavy atom. The van der Waals surface area contributed by atoms with Crippen molar-refractivity contribution in [2.45, 2.75) is 24.8 Å². The standard InChI is InChI=1S/C24H24N2O/c1-2-5-18(6-3-1)27-19-11-9-17(10-12-19)20-7-4-8-23-24(20)21-13-15-25-16-14-22(21)26-23/h1-12,21-22,25-26H,13-16H2. The van der Waals surface area contributed by atoms with Gasteiger partial charge in [-0.3, -0.25) is 0 Å². The van der Waals surface area contributed by atoms with Gasteiger partial charge in [0.05, 0.1) is 0 Å². The molecule has 2 aliphatic rings. The molecule has 0 saturated carbocycles. The predicted molar refractivity (Wildman–Crippen MR) is 111 cm³/mol. The lowest BCUT2D eigenvalue weighted by Gasteiger charge is -2.18. The highest BCUT2D eigenvalue weighted by atomic mass is 16.5. The van der Waals surface area contributed by atoms with Crippen LogP contribution in [0.2, 0.25) is 0 Å². The fourth-order valence-corrected chi connectivity index (χ4v) is 4.43. The largest absolute Gasteiger partial charge is 0.457 e. The maximum atomic E-state index is 5.94. The molecule has 3 heteroatoms. The van der Waals surface area contributed by atoms with Crippen LogP contribution in [-0.2, 0) is 0 Å². The van der Waals surface area contributed by atoms with Crippen molar-refractivity contribution in [1.82, 2.24) is 5.32 Å². The average molecular weight is 356 g/mol. The van der Waals surface area contributed by atoms with E-state index in [0.717, 1.165) is 24.6 Å². The first-order valence-electron chi connectivity index (χ1n) is 9.82. The maximum Gasteiger partial charge on any atom is 0.127 e. The summed E-state index contributed by atoms with van der Waals surface area (Å²) in [7, 11) is 0. The Labute approximate surface area is 160 Å². The molecule has 2 heterocycles. The Kier molecular flexibility index (Phi) is 4.30. The molecular formula is C24H24N2O. The molecule has 0 aromatic heterocycles. The third kappa shape index (κ3) is 3.19. The molecular weight excluding hydrogens is 332 g/mol. The molecule has 0 bridgehead atoms. The van der Waals surface area contributed by atoms with Crippen molar-refractivity contribution >= 4 is 5.69 Å². The molecule has 136 valence electrons. The van der Waals surface area contributed by atoms with Crippen LogP contribution < -0.4 is 15.4 Å². The zero-order chi connectivity index (χ0) is 18.1. The maximum absolute atomic E-state index is 5.94. The lowest BCUT2D eigenvalue weighted by molar-refractivity contribution is 0.483. The summed E-state index contributed by atoms with van der Waals surface area (Å²) in [5, 5.41) is 7.31. The molecule has 2 atom stereocenters. The lowest BCUT2D eigenvalue weighted by Crippen LogP contribution is -2.21. The Hall–Kier alpha value is -2.78. The first kappa shape index (κ1) is 16.4. The smallest absolute Gasteiger partial charge is 0.127 e. The van der Waals surface area contributed by atoms with Crippen molar-refractivity contribution in [1.29, 1.82) is 0 Å². The van der Waals surface area contributed by atoms with Crippen LogP contribution >= 0.6 is 0 Å². The van der Waals surface area contributed by atoms with Crippen LogP contribution in [0.15, 0.2) is 72.8 Å². The molecule has 5 rings (SSSR count). The number of fused-ring (bicyclic) bond motifs is 3. The number of rotatable bonds is 3. The second-order valence-electron chi connectivity index (χ2n) is 7.39. The molecule has 1 saturated heterocycles. The van der Waals surface area contributed by atoms with Crippen LogP contribution in [0.5, 0.6) is 11.5 Å². The van der Waals surface area contributed by atoms with E-state index in [4.69, 9.17) is 4.74 Å². The zero-order valence-corrected chi connectivity index (χ0v) is 15.3. The van der Waals surface area contributed by atoms with Gasteiger partial charge in [0.1, 0.15) is 11.5 Å². The van der Waals surface area contributed by atoms with Crippen molar-refractivity contribution in [2.75, 3.05) is 18.4 Å². The number of hydrogen-bond acceptors (Lipinski definition) is 3. The quantitative estimate of drug-likeness (QED) is 0.658. The van der Waals surface area contributed by atoms with Gasteiger partial charge < -0.3 is 15.4 Å². The normalized spacial score (nSPS) is 20.9. The van der Waals surface area contributed by atoms with Gasteiger partial charge in [-0.25, -0.2) is 0 Å². The summed E-state index contributed by atoms with van der Waals surface area (Å²) < 4.78 is 5.94. The minimum atomic E-state index is 0.553. The average Bonchev–Trinajstić information content (AvgIpc) is 2.91. The van der Waals surface area contributed by atoms with Gasteiger partial charge in [-0.1, -0.05) is 42.5 Å². The fourth-order valence-electron chi connectivity index (χ4n) is 4.43. The summed E-state index contributed by atoms with van der Waals surface area (Å²) in [5.74, 6) is 2.32. The fraction of sp³-hybridized carbons (Fsp3) is 0.250. The third-order valence-electron chi connectivity index (χ3n) is 5.71. The van der Waals surface area contributed by atoms with Crippen LogP contribution in [0.4, 0.5) is 5.69 Å². The van der Waals surface area contributed by atoms with E-state index in [1.165, 1.54) is 35.2 Å². The van der Waals surface area contributed by atoms with Crippen LogP contribution in [0, 0.1) is 0 Å². The van der Waals surface area contributed by atoms with Crippen molar-refractivity contribution in [3.8, 4) is 22.6 Å². The van der Waals surface area contributed by atoms with E-state index in [1.807, 2.05) is 30.3 Å². The molecule has 2 unspecified atom stereocenters. The molecule has 27 heavy (non-hydrogen) atoms. The predicted octanol–water partition coefficient (Wildman–Crippen LogP) is 5.41. The highest BCUT2D eigenvalue weighted by Crippen LogP contribution is 2.45. The van der Waals surface area contributed by atoms with E-state index in [2.05, 4.69) is 53.1 Å². The number of benzene rings is 3. The van der Waals surface area contributed by atoms with E-state index < -0.39 is 0 Å². The van der Waals surface area contributed by atoms with Crippen LogP contribution in [0.25, 0.3) is 11.1 Å². The van der Waals surface area contributed by atoms with E-state index in [9.17, 15) is 0 Å². The van der Waals surface area contributed by atoms with E-state index in [0.29, 0.717) is 12.0 Å². The zero-order valence-electron chi connectivity index (χ0n) is 15.3. The van der Waals surface area contributed by atoms with Gasteiger partial charge in [0.25, 0.3) is 0 Å². The topological polar surface area (TPSA) is 33.3 Å². The molecule has 3 aromatic carbocycles. The molecule has 3 nitrogen and oxygen atoms in total. The number of ether oxygens (including phenoxy) is 1. The van der Waals surface area contributed by atoms with E-state index in [-0.39, 0.29) is 0 Å². The van der Waals surface area contributed by atoms with Crippen molar-refractivity contribution < 1.29 is 4.74 Å². The molecule has 2 aliphatic heterocycles. The number of para-hydroxylation sites is 1. The first-order chi connectivity index (χ1) is 13.4. The molecule has 0 aliphatic carbocycles. The molecule has 0 amide bonds. The van der Waals surface area contributed by atoms with Crippen LogP contribution in [-0.4, -0.2) is 19.1 Å². The summed E-state index contributed by atoms with van der Waals surface area (Å²) in [5.41, 5.74) is 5.41. The summed E-state index contributed by atoms with van der Waals surface area (Å²) in [4.78, 5) is 0. The highest BCUT2D eigenvalue weighted by molar-refractivity contribution is 5.78. The lowest BCUT2D eigenvalue weighted by atomic mass is 9.86. The van der Waals surface area contributed by atoms with Crippen molar-refractivity contribution in [3.63, 3.8) is 0 Å². The van der Waals surface area contributed by atoms with Gasteiger partial charge >= 0.3 is 0 Å². The summed E-state index contributed by atoms with van der Waals surface area (Å²) in [6.45, 7) is 2.20. The molecule has 1 fully saturated rings. The molecule has 2 N–H and O–H groups in total.